The Bertz CT molecular complexity index is 1290. The molecule has 5 rings (SSSR count). The van der Waals surface area contributed by atoms with Gasteiger partial charge in [-0.15, -0.1) is 0 Å². The molecule has 0 spiro atoms. The molecule has 0 radical (unpaired) electrons. The van der Waals surface area contributed by atoms with Gasteiger partial charge in [0.05, 0.1) is 17.9 Å². The summed E-state index contributed by atoms with van der Waals surface area (Å²) in [4.78, 5) is 36.8. The van der Waals surface area contributed by atoms with Crippen molar-refractivity contribution in [3.05, 3.63) is 101 Å². The van der Waals surface area contributed by atoms with E-state index >= 15 is 0 Å². The number of carbonyl (C=O) groups excluding carboxylic acids is 2. The van der Waals surface area contributed by atoms with Gasteiger partial charge in [-0.25, -0.2) is 9.18 Å². The van der Waals surface area contributed by atoms with Crippen LogP contribution in [0, 0.1) is 5.82 Å². The average molecular weight is 574 g/mol. The molecule has 3 aromatic rings. The van der Waals surface area contributed by atoms with Gasteiger partial charge in [-0.2, -0.15) is 0 Å². The Kier molecular flexibility index (Phi) is 10.3. The minimum Gasteiger partial charge on any atom is -0.465 e. The average Bonchev–Trinajstić information content (AvgIpc) is 3.03. The van der Waals surface area contributed by atoms with Crippen LogP contribution in [0.4, 0.5) is 4.39 Å². The van der Waals surface area contributed by atoms with Crippen LogP contribution < -0.4 is 5.32 Å². The molecular weight excluding hydrogens is 533 g/mol. The first kappa shape index (κ1) is 29.8. The number of nitrogens with zero attached hydrogens (tertiary/aromatic N) is 4. The van der Waals surface area contributed by atoms with E-state index in [0.717, 1.165) is 62.4 Å². The molecule has 8 nitrogen and oxygen atoms in total. The van der Waals surface area contributed by atoms with Gasteiger partial charge in [0, 0.05) is 64.6 Å². The van der Waals surface area contributed by atoms with Crippen molar-refractivity contribution >= 4 is 11.9 Å². The van der Waals surface area contributed by atoms with E-state index in [4.69, 9.17) is 4.74 Å². The summed E-state index contributed by atoms with van der Waals surface area (Å²) in [5.41, 5.74) is 3.54. The smallest absolute Gasteiger partial charge is 0.327 e. The van der Waals surface area contributed by atoms with Crippen LogP contribution in [-0.2, 0) is 22.6 Å². The normalized spacial score (nSPS) is 17.6. The molecule has 1 amide bonds. The Morgan fingerprint density at radius 1 is 0.952 bits per heavy atom. The summed E-state index contributed by atoms with van der Waals surface area (Å²) in [6, 6.07) is 20.2. The largest absolute Gasteiger partial charge is 0.465 e. The molecule has 2 aromatic carbocycles. The van der Waals surface area contributed by atoms with Crippen molar-refractivity contribution in [2.75, 3.05) is 45.9 Å². The number of carbonyl (C=O) groups is 2. The predicted molar refractivity (Wildman–Crippen MR) is 159 cm³/mol. The number of halogens is 1. The Balaban J connectivity index is 1.06. The Morgan fingerprint density at radius 2 is 1.67 bits per heavy atom. The topological polar surface area (TPSA) is 78.0 Å². The molecular formula is C33H40FN5O3. The number of esters is 1. The molecule has 0 saturated carbocycles. The second kappa shape index (κ2) is 14.5. The highest BCUT2D eigenvalue weighted by molar-refractivity contribution is 5.94. The molecule has 2 saturated heterocycles. The summed E-state index contributed by atoms with van der Waals surface area (Å²) in [5.74, 6) is -0.416. The van der Waals surface area contributed by atoms with Crippen LogP contribution in [0.3, 0.4) is 0 Å². The van der Waals surface area contributed by atoms with Crippen molar-refractivity contribution in [1.82, 2.24) is 25.0 Å². The molecule has 0 bridgehead atoms. The quantitative estimate of drug-likeness (QED) is 0.367. The number of piperazine rings is 1. The third-order valence-corrected chi connectivity index (χ3v) is 8.14. The third kappa shape index (κ3) is 7.79. The van der Waals surface area contributed by atoms with Gasteiger partial charge in [0.2, 0.25) is 0 Å². The van der Waals surface area contributed by atoms with Crippen LogP contribution in [0.2, 0.25) is 0 Å². The third-order valence-electron chi connectivity index (χ3n) is 8.14. The minimum absolute atomic E-state index is 0.00498. The molecule has 2 aliphatic heterocycles. The first-order chi connectivity index (χ1) is 20.5. The number of hydrogen-bond acceptors (Lipinski definition) is 7. The summed E-state index contributed by atoms with van der Waals surface area (Å²) in [7, 11) is 0. The fraction of sp³-hybridized carbons (Fsp3) is 0.424. The highest BCUT2D eigenvalue weighted by Gasteiger charge is 2.32. The van der Waals surface area contributed by atoms with Gasteiger partial charge in [-0.3, -0.25) is 19.6 Å². The molecule has 222 valence electrons. The Morgan fingerprint density at radius 3 is 2.31 bits per heavy atom. The molecule has 1 N–H and O–H groups in total. The number of benzene rings is 2. The number of likely N-dealkylation sites (tertiary alicyclic amines) is 1. The van der Waals surface area contributed by atoms with Gasteiger partial charge in [0.15, 0.2) is 0 Å². The molecule has 2 aliphatic rings. The van der Waals surface area contributed by atoms with E-state index in [2.05, 4.69) is 20.1 Å². The zero-order chi connectivity index (χ0) is 29.3. The van der Waals surface area contributed by atoms with E-state index in [1.807, 2.05) is 66.4 Å². The number of amides is 1. The van der Waals surface area contributed by atoms with E-state index < -0.39 is 0 Å². The number of nitrogens with one attached hydrogen (secondary N) is 1. The monoisotopic (exact) mass is 573 g/mol. The van der Waals surface area contributed by atoms with Crippen LogP contribution in [-0.4, -0.2) is 83.5 Å². The van der Waals surface area contributed by atoms with E-state index in [1.165, 1.54) is 12.1 Å². The predicted octanol–water partition coefficient (Wildman–Crippen LogP) is 4.04. The standard InChI is InChI=1S/C33H40FN5O3/c1-2-42-33(41)31(26-6-4-3-5-7-26)38-16-14-29(15-17-38)36-23-30-13-10-27(22-35-30)32(40)39-20-18-37(19-21-39)24-25-8-11-28(34)12-9-25/h3-13,22,29,31,36H,2,14-21,23-24H2,1H3. The van der Waals surface area contributed by atoms with E-state index in [0.29, 0.717) is 37.8 Å². The lowest BCUT2D eigenvalue weighted by molar-refractivity contribution is -0.150. The number of hydrogen-bond donors (Lipinski definition) is 1. The SMILES string of the molecule is CCOC(=O)C(c1ccccc1)N1CCC(NCc2ccc(C(=O)N3CCN(Cc4ccc(F)cc4)CC3)cn2)CC1. The van der Waals surface area contributed by atoms with Crippen molar-refractivity contribution in [1.29, 1.82) is 0 Å². The fourth-order valence-corrected chi connectivity index (χ4v) is 5.76. The molecule has 1 unspecified atom stereocenters. The van der Waals surface area contributed by atoms with Crippen LogP contribution in [0.5, 0.6) is 0 Å². The molecule has 1 aromatic heterocycles. The zero-order valence-electron chi connectivity index (χ0n) is 24.3. The molecule has 2 fully saturated rings. The van der Waals surface area contributed by atoms with Crippen molar-refractivity contribution in [2.45, 2.75) is 44.9 Å². The van der Waals surface area contributed by atoms with Gasteiger partial charge in [0.1, 0.15) is 11.9 Å². The Labute approximate surface area is 247 Å². The summed E-state index contributed by atoms with van der Waals surface area (Å²) in [6.07, 6.45) is 3.52. The zero-order valence-corrected chi connectivity index (χ0v) is 24.3. The first-order valence-corrected chi connectivity index (χ1v) is 14.9. The van der Waals surface area contributed by atoms with Crippen LogP contribution >= 0.6 is 0 Å². The summed E-state index contributed by atoms with van der Waals surface area (Å²) in [5, 5.41) is 3.60. The molecule has 42 heavy (non-hydrogen) atoms. The number of rotatable bonds is 10. The van der Waals surface area contributed by atoms with Crippen molar-refractivity contribution in [2.24, 2.45) is 0 Å². The number of pyridine rings is 1. The second-order valence-corrected chi connectivity index (χ2v) is 11.0. The van der Waals surface area contributed by atoms with Crippen LogP contribution in [0.15, 0.2) is 72.9 Å². The molecule has 1 atom stereocenters. The van der Waals surface area contributed by atoms with Crippen molar-refractivity contribution < 1.29 is 18.7 Å². The molecule has 0 aliphatic carbocycles. The van der Waals surface area contributed by atoms with Crippen LogP contribution in [0.1, 0.15) is 53.0 Å². The van der Waals surface area contributed by atoms with Gasteiger partial charge in [-0.1, -0.05) is 42.5 Å². The van der Waals surface area contributed by atoms with Gasteiger partial charge in [-0.05, 0) is 55.2 Å². The lowest BCUT2D eigenvalue weighted by atomic mass is 9.99. The number of aromatic nitrogens is 1. The van der Waals surface area contributed by atoms with E-state index in [1.54, 1.807) is 6.20 Å². The van der Waals surface area contributed by atoms with Gasteiger partial charge >= 0.3 is 5.97 Å². The summed E-state index contributed by atoms with van der Waals surface area (Å²) in [6.45, 7) is 8.06. The number of piperidine rings is 1. The molecule has 3 heterocycles. The highest BCUT2D eigenvalue weighted by atomic mass is 19.1. The van der Waals surface area contributed by atoms with Crippen molar-refractivity contribution in [3.8, 4) is 0 Å². The van der Waals surface area contributed by atoms with Crippen LogP contribution in [0.25, 0.3) is 0 Å². The second-order valence-electron chi connectivity index (χ2n) is 11.0. The fourth-order valence-electron chi connectivity index (χ4n) is 5.76. The maximum atomic E-state index is 13.2. The lowest BCUT2D eigenvalue weighted by Crippen LogP contribution is -2.48. The first-order valence-electron chi connectivity index (χ1n) is 14.9. The maximum Gasteiger partial charge on any atom is 0.327 e. The maximum absolute atomic E-state index is 13.2. The van der Waals surface area contributed by atoms with E-state index in [-0.39, 0.29) is 23.7 Å². The highest BCUT2D eigenvalue weighted by Crippen LogP contribution is 2.26. The van der Waals surface area contributed by atoms with Crippen molar-refractivity contribution in [3.63, 3.8) is 0 Å². The summed E-state index contributed by atoms with van der Waals surface area (Å²) >= 11 is 0. The summed E-state index contributed by atoms with van der Waals surface area (Å²) < 4.78 is 18.6. The lowest BCUT2D eigenvalue weighted by Gasteiger charge is -2.36. The van der Waals surface area contributed by atoms with Gasteiger partial charge in [0.25, 0.3) is 5.91 Å². The van der Waals surface area contributed by atoms with E-state index in [9.17, 15) is 14.0 Å². The Hall–Kier alpha value is -3.66. The molecule has 9 heteroatoms. The number of ether oxygens (including phenoxy) is 1. The van der Waals surface area contributed by atoms with Gasteiger partial charge < -0.3 is 15.0 Å². The minimum atomic E-state index is -0.378.